The van der Waals surface area contributed by atoms with Crippen LogP contribution in [0.2, 0.25) is 0 Å². The highest BCUT2D eigenvalue weighted by Crippen LogP contribution is 2.35. The van der Waals surface area contributed by atoms with Gasteiger partial charge in [-0.2, -0.15) is 0 Å². The number of anilines is 1. The number of unbranched alkanes of at least 4 members (excludes halogenated alkanes) is 1. The van der Waals surface area contributed by atoms with E-state index in [1.54, 1.807) is 0 Å². The van der Waals surface area contributed by atoms with Crippen molar-refractivity contribution >= 4 is 32.6 Å². The summed E-state index contributed by atoms with van der Waals surface area (Å²) in [5, 5.41) is 4.80. The van der Waals surface area contributed by atoms with Gasteiger partial charge in [0.1, 0.15) is 0 Å². The molecular formula is C37H49N3O4S. The van der Waals surface area contributed by atoms with Crippen LogP contribution in [0.3, 0.4) is 0 Å². The van der Waals surface area contributed by atoms with E-state index in [-0.39, 0.29) is 12.4 Å². The van der Waals surface area contributed by atoms with Crippen LogP contribution >= 0.6 is 0 Å². The average molecular weight is 632 g/mol. The summed E-state index contributed by atoms with van der Waals surface area (Å²) in [7, 11) is -3.27. The Balaban J connectivity index is 1.47. The first-order valence-corrected chi connectivity index (χ1v) is 18.0. The topological polar surface area (TPSA) is 100 Å². The minimum atomic E-state index is -3.27. The van der Waals surface area contributed by atoms with E-state index in [9.17, 15) is 13.2 Å². The fraction of sp³-hybridized carbons (Fsp3) is 0.432. The monoisotopic (exact) mass is 631 g/mol. The number of rotatable bonds is 16. The second-order valence-corrected chi connectivity index (χ2v) is 14.3. The Hall–Kier alpha value is -3.62. The third-order valence-corrected chi connectivity index (χ3v) is 8.71. The van der Waals surface area contributed by atoms with Gasteiger partial charge in [-0.25, -0.2) is 8.42 Å². The van der Waals surface area contributed by atoms with Gasteiger partial charge in [-0.15, -0.1) is 0 Å². The van der Waals surface area contributed by atoms with Gasteiger partial charge in [-0.3, -0.25) is 9.52 Å². The number of aromatic amines is 1. The molecule has 3 aromatic carbocycles. The van der Waals surface area contributed by atoms with Crippen molar-refractivity contribution in [3.63, 3.8) is 0 Å². The molecule has 0 aliphatic heterocycles. The quantitative estimate of drug-likeness (QED) is 0.0869. The number of carbonyl (C=O) groups excluding carboxylic acids is 1. The molecule has 0 aliphatic carbocycles. The molecule has 0 fully saturated rings. The van der Waals surface area contributed by atoms with Gasteiger partial charge < -0.3 is 15.0 Å². The van der Waals surface area contributed by atoms with Crippen molar-refractivity contribution in [1.82, 2.24) is 10.3 Å². The first-order chi connectivity index (χ1) is 21.4. The molecular weight excluding hydrogens is 582 g/mol. The number of aryl methyl sites for hydroxylation is 1. The van der Waals surface area contributed by atoms with Crippen LogP contribution in [-0.4, -0.2) is 45.3 Å². The number of nitrogens with one attached hydrogen (secondary N) is 3. The lowest BCUT2D eigenvalue weighted by atomic mass is 9.91. The molecule has 0 saturated carbocycles. The van der Waals surface area contributed by atoms with E-state index >= 15 is 0 Å². The maximum atomic E-state index is 12.3. The van der Waals surface area contributed by atoms with Crippen LogP contribution in [0.5, 0.6) is 0 Å². The Bertz CT molecular complexity index is 1660. The summed E-state index contributed by atoms with van der Waals surface area (Å²) in [6.45, 7) is 12.9. The summed E-state index contributed by atoms with van der Waals surface area (Å²) < 4.78 is 30.6. The molecule has 4 rings (SSSR count). The molecule has 0 radical (unpaired) electrons. The van der Waals surface area contributed by atoms with Crippen molar-refractivity contribution in [2.75, 3.05) is 30.7 Å². The number of benzene rings is 3. The summed E-state index contributed by atoms with van der Waals surface area (Å²) in [5.74, 6) is 0.647. The number of aromatic nitrogens is 1. The Morgan fingerprint density at radius 3 is 2.13 bits per heavy atom. The van der Waals surface area contributed by atoms with Crippen LogP contribution < -0.4 is 10.0 Å². The zero-order valence-electron chi connectivity index (χ0n) is 27.6. The molecule has 0 amide bonds. The van der Waals surface area contributed by atoms with Gasteiger partial charge in [-0.05, 0) is 127 Å². The van der Waals surface area contributed by atoms with Gasteiger partial charge in [0.05, 0.1) is 19.3 Å². The van der Waals surface area contributed by atoms with E-state index < -0.39 is 10.0 Å². The number of fused-ring (bicyclic) bond motifs is 1. The molecule has 7 nitrogen and oxygen atoms in total. The predicted molar refractivity (Wildman–Crippen MR) is 187 cm³/mol. The zero-order valence-corrected chi connectivity index (χ0v) is 28.4. The van der Waals surface area contributed by atoms with Crippen LogP contribution in [0.15, 0.2) is 60.7 Å². The van der Waals surface area contributed by atoms with Gasteiger partial charge >= 0.3 is 5.97 Å². The summed E-state index contributed by atoms with van der Waals surface area (Å²) in [4.78, 5) is 16.0. The minimum Gasteiger partial charge on any atom is -0.466 e. The van der Waals surface area contributed by atoms with Crippen LogP contribution in [0.4, 0.5) is 5.69 Å². The summed E-state index contributed by atoms with van der Waals surface area (Å²) in [5.41, 5.74) is 10.1. The molecule has 3 N–H and O–H groups in total. The standard InChI is InChI=1S/C37H49N3O4S/c1-7-44-36(41)21-28-13-16-35-34(20-28)33(37(39-35)31-23-29(25(2)3)22-30(24-31)26(4)5)17-19-38-18-9-8-10-27-11-14-32(15-12-27)40-45(6,42)43/h11-16,20,22-26,38-40H,7-10,17-19,21H2,1-6H3. The highest BCUT2D eigenvalue weighted by atomic mass is 32.2. The van der Waals surface area contributed by atoms with Gasteiger partial charge in [0.15, 0.2) is 0 Å². The van der Waals surface area contributed by atoms with Crippen LogP contribution in [-0.2, 0) is 38.8 Å². The molecule has 45 heavy (non-hydrogen) atoms. The van der Waals surface area contributed by atoms with Crippen molar-refractivity contribution in [2.24, 2.45) is 0 Å². The molecule has 0 spiro atoms. The van der Waals surface area contributed by atoms with Crippen LogP contribution in [0, 0.1) is 0 Å². The molecule has 0 unspecified atom stereocenters. The third-order valence-electron chi connectivity index (χ3n) is 8.10. The molecule has 0 atom stereocenters. The van der Waals surface area contributed by atoms with E-state index in [0.29, 0.717) is 24.1 Å². The fourth-order valence-electron chi connectivity index (χ4n) is 5.65. The highest BCUT2D eigenvalue weighted by molar-refractivity contribution is 7.92. The van der Waals surface area contributed by atoms with Gasteiger partial charge in [0, 0.05) is 22.3 Å². The summed E-state index contributed by atoms with van der Waals surface area (Å²) in [6.07, 6.45) is 5.31. The van der Waals surface area contributed by atoms with Crippen LogP contribution in [0.25, 0.3) is 22.2 Å². The predicted octanol–water partition coefficient (Wildman–Crippen LogP) is 7.71. The van der Waals surface area contributed by atoms with E-state index in [1.165, 1.54) is 27.8 Å². The van der Waals surface area contributed by atoms with E-state index in [2.05, 4.69) is 73.0 Å². The lowest BCUT2D eigenvalue weighted by molar-refractivity contribution is -0.142. The molecule has 0 bridgehead atoms. The smallest absolute Gasteiger partial charge is 0.310 e. The Morgan fingerprint density at radius 2 is 1.51 bits per heavy atom. The number of sulfonamides is 1. The van der Waals surface area contributed by atoms with Gasteiger partial charge in [0.2, 0.25) is 10.0 Å². The Labute approximate surface area is 269 Å². The van der Waals surface area contributed by atoms with Gasteiger partial charge in [0.25, 0.3) is 0 Å². The van der Waals surface area contributed by atoms with Crippen molar-refractivity contribution < 1.29 is 17.9 Å². The fourth-order valence-corrected chi connectivity index (χ4v) is 6.21. The zero-order chi connectivity index (χ0) is 32.6. The number of esters is 1. The number of carbonyl (C=O) groups is 1. The molecule has 8 heteroatoms. The molecule has 0 aliphatic rings. The summed E-state index contributed by atoms with van der Waals surface area (Å²) >= 11 is 0. The van der Waals surface area contributed by atoms with Crippen molar-refractivity contribution in [2.45, 2.75) is 78.6 Å². The second-order valence-electron chi connectivity index (χ2n) is 12.6. The maximum absolute atomic E-state index is 12.3. The van der Waals surface area contributed by atoms with E-state index in [4.69, 9.17) is 4.74 Å². The average Bonchev–Trinajstić information content (AvgIpc) is 3.34. The Morgan fingerprint density at radius 1 is 0.844 bits per heavy atom. The first-order valence-electron chi connectivity index (χ1n) is 16.1. The molecule has 1 aromatic heterocycles. The van der Waals surface area contributed by atoms with Crippen molar-refractivity contribution in [3.8, 4) is 11.3 Å². The maximum Gasteiger partial charge on any atom is 0.310 e. The number of ether oxygens (including phenoxy) is 1. The first kappa shape index (κ1) is 34.3. The van der Waals surface area contributed by atoms with Gasteiger partial charge in [-0.1, -0.05) is 52.0 Å². The van der Waals surface area contributed by atoms with E-state index in [0.717, 1.165) is 67.2 Å². The highest BCUT2D eigenvalue weighted by Gasteiger charge is 2.17. The number of hydrogen-bond donors (Lipinski definition) is 3. The van der Waals surface area contributed by atoms with Crippen molar-refractivity contribution in [1.29, 1.82) is 0 Å². The SMILES string of the molecule is CCOC(=O)Cc1ccc2[nH]c(-c3cc(C(C)C)cc(C(C)C)c3)c(CCNCCCCc3ccc(NS(C)(=O)=O)cc3)c2c1. The minimum absolute atomic E-state index is 0.205. The van der Waals surface area contributed by atoms with Crippen molar-refractivity contribution in [3.05, 3.63) is 88.5 Å². The Kier molecular flexibility index (Phi) is 11.9. The summed E-state index contributed by atoms with van der Waals surface area (Å²) in [6, 6.07) is 20.8. The lowest BCUT2D eigenvalue weighted by Crippen LogP contribution is -2.18. The molecule has 242 valence electrons. The molecule has 4 aromatic rings. The van der Waals surface area contributed by atoms with Crippen LogP contribution in [0.1, 0.15) is 87.1 Å². The third kappa shape index (κ3) is 9.93. The van der Waals surface area contributed by atoms with E-state index in [1.807, 2.05) is 37.3 Å². The molecule has 0 saturated heterocycles. The molecule has 1 heterocycles. The number of hydrogen-bond acceptors (Lipinski definition) is 5. The second kappa shape index (κ2) is 15.6. The lowest BCUT2D eigenvalue weighted by Gasteiger charge is -2.15. The normalized spacial score (nSPS) is 11.9. The largest absolute Gasteiger partial charge is 0.466 e. The number of H-pyrrole nitrogens is 1.